The molecule has 0 amide bonds. The zero-order valence-corrected chi connectivity index (χ0v) is 16.4. The molecule has 3 N–H and O–H groups in total. The Labute approximate surface area is 169 Å². The summed E-state index contributed by atoms with van der Waals surface area (Å²) in [6.07, 6.45) is 2.67. The summed E-state index contributed by atoms with van der Waals surface area (Å²) in [5.41, 5.74) is 3.14. The maximum absolute atomic E-state index is 10.2. The van der Waals surface area contributed by atoms with E-state index in [2.05, 4.69) is 15.2 Å². The third-order valence-corrected chi connectivity index (χ3v) is 5.21. The fraction of sp³-hybridized carbons (Fsp3) is 0.429. The van der Waals surface area contributed by atoms with Crippen LogP contribution in [0.5, 0.6) is 5.75 Å². The zero-order chi connectivity index (χ0) is 20.1. The lowest BCUT2D eigenvalue weighted by Gasteiger charge is -2.26. The first kappa shape index (κ1) is 19.6. The van der Waals surface area contributed by atoms with Gasteiger partial charge in [0.25, 0.3) is 0 Å². The summed E-state index contributed by atoms with van der Waals surface area (Å²) in [5.74, 6) is 0.896. The molecule has 0 radical (unpaired) electrons. The van der Waals surface area contributed by atoms with E-state index in [0.717, 1.165) is 68.4 Å². The van der Waals surface area contributed by atoms with E-state index in [0.29, 0.717) is 12.2 Å². The fourth-order valence-corrected chi connectivity index (χ4v) is 3.59. The third-order valence-electron chi connectivity index (χ3n) is 5.21. The normalized spacial score (nSPS) is 15.1. The molecule has 29 heavy (non-hydrogen) atoms. The average molecular weight is 397 g/mol. The summed E-state index contributed by atoms with van der Waals surface area (Å²) < 4.78 is 7.40. The largest absolute Gasteiger partial charge is 0.506 e. The quantitative estimate of drug-likeness (QED) is 0.499. The minimum atomic E-state index is -0.0295. The van der Waals surface area contributed by atoms with Crippen LogP contribution in [0.4, 0.5) is 5.95 Å². The molecule has 0 unspecified atom stereocenters. The second-order valence-corrected chi connectivity index (χ2v) is 7.21. The topological polar surface area (TPSA) is 95.7 Å². The molecule has 1 fully saturated rings. The van der Waals surface area contributed by atoms with Crippen LogP contribution >= 0.6 is 0 Å². The van der Waals surface area contributed by atoms with Crippen LogP contribution in [0, 0.1) is 0 Å². The molecule has 1 aliphatic heterocycles. The number of fused-ring (bicyclic) bond motifs is 1. The highest BCUT2D eigenvalue weighted by molar-refractivity contribution is 5.79. The van der Waals surface area contributed by atoms with Gasteiger partial charge < -0.3 is 24.8 Å². The van der Waals surface area contributed by atoms with Crippen molar-refractivity contribution in [2.75, 3.05) is 44.7 Å². The van der Waals surface area contributed by atoms with Gasteiger partial charge in [0.05, 0.1) is 37.4 Å². The molecule has 0 saturated carbocycles. The van der Waals surface area contributed by atoms with Gasteiger partial charge in [-0.05, 0) is 42.8 Å². The minimum Gasteiger partial charge on any atom is -0.506 e. The lowest BCUT2D eigenvalue weighted by atomic mass is 10.2. The number of aromatic nitrogens is 3. The Balaban J connectivity index is 1.52. The molecule has 0 bridgehead atoms. The maximum Gasteiger partial charge on any atom is 0.204 e. The number of hydrogen-bond donors (Lipinski definition) is 3. The van der Waals surface area contributed by atoms with E-state index in [-0.39, 0.29) is 12.4 Å². The number of rotatable bonds is 8. The van der Waals surface area contributed by atoms with Gasteiger partial charge >= 0.3 is 0 Å². The summed E-state index contributed by atoms with van der Waals surface area (Å²) in [7, 11) is 0. The van der Waals surface area contributed by atoms with Crippen molar-refractivity contribution < 1.29 is 14.9 Å². The van der Waals surface area contributed by atoms with E-state index < -0.39 is 0 Å². The number of aliphatic hydroxyl groups excluding tert-OH is 1. The Morgan fingerprint density at radius 2 is 2.03 bits per heavy atom. The van der Waals surface area contributed by atoms with E-state index in [1.807, 2.05) is 22.8 Å². The van der Waals surface area contributed by atoms with E-state index in [9.17, 15) is 10.2 Å². The number of morpholine rings is 1. The average Bonchev–Trinajstić information content (AvgIpc) is 3.10. The summed E-state index contributed by atoms with van der Waals surface area (Å²) in [5, 5.41) is 23.1. The van der Waals surface area contributed by atoms with Crippen LogP contribution < -0.4 is 5.32 Å². The van der Waals surface area contributed by atoms with Crippen LogP contribution in [-0.4, -0.2) is 69.0 Å². The molecule has 0 spiro atoms. The van der Waals surface area contributed by atoms with E-state index >= 15 is 0 Å². The van der Waals surface area contributed by atoms with Crippen molar-refractivity contribution in [3.05, 3.63) is 47.8 Å². The number of benzene rings is 1. The first-order valence-electron chi connectivity index (χ1n) is 10.0. The lowest BCUT2D eigenvalue weighted by molar-refractivity contribution is 0.0378. The number of anilines is 1. The molecule has 3 heterocycles. The number of pyridine rings is 1. The summed E-state index contributed by atoms with van der Waals surface area (Å²) >= 11 is 0. The molecule has 2 aromatic heterocycles. The number of aromatic hydroxyl groups is 1. The predicted molar refractivity (Wildman–Crippen MR) is 111 cm³/mol. The monoisotopic (exact) mass is 397 g/mol. The van der Waals surface area contributed by atoms with Gasteiger partial charge in [0, 0.05) is 25.8 Å². The lowest BCUT2D eigenvalue weighted by Crippen LogP contribution is -2.37. The second kappa shape index (κ2) is 9.21. The molecule has 154 valence electrons. The van der Waals surface area contributed by atoms with Gasteiger partial charge in [-0.1, -0.05) is 6.07 Å². The van der Waals surface area contributed by atoms with Crippen molar-refractivity contribution in [3.8, 4) is 5.75 Å². The molecule has 0 atom stereocenters. The van der Waals surface area contributed by atoms with Crippen LogP contribution in [0.15, 0.2) is 36.5 Å². The van der Waals surface area contributed by atoms with Gasteiger partial charge in [0.1, 0.15) is 11.4 Å². The number of aliphatic hydroxyl groups is 1. The number of hydrogen-bond acceptors (Lipinski definition) is 7. The summed E-state index contributed by atoms with van der Waals surface area (Å²) in [6, 6.07) is 9.06. The number of nitrogens with one attached hydrogen (secondary N) is 1. The summed E-state index contributed by atoms with van der Waals surface area (Å²) in [6.45, 7) is 5.77. The van der Waals surface area contributed by atoms with Crippen molar-refractivity contribution in [1.29, 1.82) is 0 Å². The fourth-order valence-electron chi connectivity index (χ4n) is 3.59. The number of nitrogens with zero attached hydrogens (tertiary/aromatic N) is 4. The Morgan fingerprint density at radius 1 is 1.17 bits per heavy atom. The molecule has 8 heteroatoms. The van der Waals surface area contributed by atoms with Crippen molar-refractivity contribution >= 4 is 17.0 Å². The van der Waals surface area contributed by atoms with Crippen LogP contribution in [0.2, 0.25) is 0 Å². The predicted octanol–water partition coefficient (Wildman–Crippen LogP) is 1.81. The smallest absolute Gasteiger partial charge is 0.204 e. The van der Waals surface area contributed by atoms with Gasteiger partial charge in [-0.3, -0.25) is 9.88 Å². The van der Waals surface area contributed by atoms with Gasteiger partial charge in [0.2, 0.25) is 5.95 Å². The summed E-state index contributed by atoms with van der Waals surface area (Å²) in [4.78, 5) is 11.4. The Morgan fingerprint density at radius 3 is 2.83 bits per heavy atom. The van der Waals surface area contributed by atoms with Crippen molar-refractivity contribution in [2.45, 2.75) is 19.6 Å². The van der Waals surface area contributed by atoms with Gasteiger partial charge in [-0.15, -0.1) is 0 Å². The minimum absolute atomic E-state index is 0.0295. The molecule has 3 aromatic rings. The van der Waals surface area contributed by atoms with Crippen LogP contribution in [0.3, 0.4) is 0 Å². The van der Waals surface area contributed by atoms with Crippen LogP contribution in [0.25, 0.3) is 11.0 Å². The molecule has 1 aromatic carbocycles. The molecule has 0 aliphatic carbocycles. The Bertz CT molecular complexity index is 953. The molecule has 1 saturated heterocycles. The third kappa shape index (κ3) is 4.67. The number of ether oxygens (including phenoxy) is 1. The first-order valence-corrected chi connectivity index (χ1v) is 10.0. The highest BCUT2D eigenvalue weighted by atomic mass is 16.5. The zero-order valence-electron chi connectivity index (χ0n) is 16.4. The van der Waals surface area contributed by atoms with Crippen molar-refractivity contribution in [1.82, 2.24) is 19.4 Å². The van der Waals surface area contributed by atoms with Crippen LogP contribution in [0.1, 0.15) is 17.7 Å². The molecule has 8 nitrogen and oxygen atoms in total. The van der Waals surface area contributed by atoms with Gasteiger partial charge in [-0.2, -0.15) is 0 Å². The highest BCUT2D eigenvalue weighted by Gasteiger charge is 2.14. The standard InChI is InChI=1S/C21H27N5O3/c27-15-16-4-5-17-19(13-16)26(14-18-20(28)3-1-6-22-18)21(24-17)23-7-2-8-25-9-11-29-12-10-25/h1,3-6,13,27-28H,2,7-12,14-15H2,(H,23,24). The molecular weight excluding hydrogens is 370 g/mol. The van der Waals surface area contributed by atoms with Crippen molar-refractivity contribution in [3.63, 3.8) is 0 Å². The number of imidazole rings is 1. The SMILES string of the molecule is OCc1ccc2nc(NCCCN3CCOCC3)n(Cc3ncccc3O)c2c1. The maximum atomic E-state index is 10.2. The highest BCUT2D eigenvalue weighted by Crippen LogP contribution is 2.24. The van der Waals surface area contributed by atoms with Gasteiger partial charge in [-0.25, -0.2) is 4.98 Å². The Kier molecular flexibility index (Phi) is 6.24. The first-order chi connectivity index (χ1) is 14.2. The van der Waals surface area contributed by atoms with Crippen LogP contribution in [-0.2, 0) is 17.9 Å². The van der Waals surface area contributed by atoms with E-state index in [4.69, 9.17) is 9.72 Å². The van der Waals surface area contributed by atoms with Gasteiger partial charge in [0.15, 0.2) is 0 Å². The van der Waals surface area contributed by atoms with E-state index in [1.54, 1.807) is 18.3 Å². The second-order valence-electron chi connectivity index (χ2n) is 7.21. The Hall–Kier alpha value is -2.68. The van der Waals surface area contributed by atoms with Crippen molar-refractivity contribution in [2.24, 2.45) is 0 Å². The molecule has 4 rings (SSSR count). The van der Waals surface area contributed by atoms with E-state index in [1.165, 1.54) is 0 Å². The molecule has 1 aliphatic rings. The molecular formula is C21H27N5O3.